The fourth-order valence-corrected chi connectivity index (χ4v) is 2.81. The van der Waals surface area contributed by atoms with Crippen LogP contribution in [-0.2, 0) is 6.42 Å². The van der Waals surface area contributed by atoms with Crippen molar-refractivity contribution in [3.63, 3.8) is 0 Å². The van der Waals surface area contributed by atoms with E-state index in [0.717, 1.165) is 26.9 Å². The number of aryl methyl sites for hydroxylation is 1. The number of nitrogens with two attached hydrogens (primary N) is 1. The Morgan fingerprint density at radius 1 is 1.29 bits per heavy atom. The van der Waals surface area contributed by atoms with Gasteiger partial charge in [0.1, 0.15) is 11.6 Å². The molecular weight excluding hydrogens is 335 g/mol. The average molecular weight is 353 g/mol. The summed E-state index contributed by atoms with van der Waals surface area (Å²) in [5, 5.41) is 0. The molecule has 5 heteroatoms. The third kappa shape index (κ3) is 3.81. The molecule has 1 unspecified atom stereocenters. The lowest BCUT2D eigenvalue weighted by atomic mass is 9.96. The first-order valence-electron chi connectivity index (χ1n) is 6.59. The van der Waals surface area contributed by atoms with Crippen LogP contribution in [0.5, 0.6) is 5.75 Å². The maximum atomic E-state index is 13.2. The number of benzene rings is 2. The lowest BCUT2D eigenvalue weighted by Crippen LogP contribution is -2.30. The van der Waals surface area contributed by atoms with Crippen LogP contribution in [0.25, 0.3) is 0 Å². The number of rotatable bonds is 5. The number of nitrogens with one attached hydrogen (secondary N) is 1. The van der Waals surface area contributed by atoms with Crippen LogP contribution in [0.1, 0.15) is 22.7 Å². The van der Waals surface area contributed by atoms with Crippen LogP contribution in [0, 0.1) is 12.7 Å². The topological polar surface area (TPSA) is 47.3 Å². The van der Waals surface area contributed by atoms with Gasteiger partial charge in [-0.1, -0.05) is 22.0 Å². The Labute approximate surface area is 132 Å². The van der Waals surface area contributed by atoms with Crippen molar-refractivity contribution in [2.24, 2.45) is 5.84 Å². The molecule has 0 radical (unpaired) electrons. The lowest BCUT2D eigenvalue weighted by Gasteiger charge is -2.20. The second-order valence-electron chi connectivity index (χ2n) is 4.88. The molecule has 0 spiro atoms. The second kappa shape index (κ2) is 7.02. The van der Waals surface area contributed by atoms with Gasteiger partial charge >= 0.3 is 0 Å². The Bertz CT molecular complexity index is 634. The van der Waals surface area contributed by atoms with E-state index in [0.29, 0.717) is 6.42 Å². The minimum atomic E-state index is -0.226. The first-order valence-corrected chi connectivity index (χ1v) is 7.39. The molecule has 0 heterocycles. The average Bonchev–Trinajstić information content (AvgIpc) is 2.47. The van der Waals surface area contributed by atoms with Gasteiger partial charge in [0.25, 0.3) is 0 Å². The molecule has 2 aromatic carbocycles. The summed E-state index contributed by atoms with van der Waals surface area (Å²) in [4.78, 5) is 0. The Hall–Kier alpha value is -1.43. The zero-order valence-corrected chi connectivity index (χ0v) is 13.6. The monoisotopic (exact) mass is 352 g/mol. The Kier molecular flexibility index (Phi) is 5.33. The van der Waals surface area contributed by atoms with E-state index in [2.05, 4.69) is 21.4 Å². The third-order valence-electron chi connectivity index (χ3n) is 3.51. The fourth-order valence-electron chi connectivity index (χ4n) is 2.28. The van der Waals surface area contributed by atoms with Gasteiger partial charge in [-0.05, 0) is 60.4 Å². The van der Waals surface area contributed by atoms with E-state index < -0.39 is 0 Å². The molecule has 0 aliphatic heterocycles. The minimum absolute atomic E-state index is 0.0985. The molecule has 0 saturated carbocycles. The fraction of sp³-hybridized carbons (Fsp3) is 0.250. The summed E-state index contributed by atoms with van der Waals surface area (Å²) < 4.78 is 19.4. The van der Waals surface area contributed by atoms with E-state index in [1.54, 1.807) is 13.2 Å². The Morgan fingerprint density at radius 2 is 2.05 bits per heavy atom. The Balaban J connectivity index is 2.31. The lowest BCUT2D eigenvalue weighted by molar-refractivity contribution is 0.412. The van der Waals surface area contributed by atoms with Crippen molar-refractivity contribution in [2.75, 3.05) is 7.11 Å². The standard InChI is InChI=1S/C16H18BrFN2O/c1-10-7-12(18)4-3-11(10)8-16(20-19)14-9-13(21-2)5-6-15(14)17/h3-7,9,16,20H,8,19H2,1-2H3. The smallest absolute Gasteiger partial charge is 0.123 e. The molecule has 0 aromatic heterocycles. The first-order chi connectivity index (χ1) is 10.0. The molecule has 0 aliphatic carbocycles. The van der Waals surface area contributed by atoms with Crippen LogP contribution in [0.4, 0.5) is 4.39 Å². The van der Waals surface area contributed by atoms with Crippen molar-refractivity contribution >= 4 is 15.9 Å². The van der Waals surface area contributed by atoms with Crippen molar-refractivity contribution in [1.82, 2.24) is 5.43 Å². The highest BCUT2D eigenvalue weighted by atomic mass is 79.9. The summed E-state index contributed by atoms with van der Waals surface area (Å²) in [5.74, 6) is 6.25. The van der Waals surface area contributed by atoms with Gasteiger partial charge in [-0.25, -0.2) is 4.39 Å². The zero-order chi connectivity index (χ0) is 15.4. The molecule has 3 N–H and O–H groups in total. The van der Waals surface area contributed by atoms with Crippen molar-refractivity contribution < 1.29 is 9.13 Å². The summed E-state index contributed by atoms with van der Waals surface area (Å²) in [6, 6.07) is 10.4. The predicted molar refractivity (Wildman–Crippen MR) is 85.6 cm³/mol. The quantitative estimate of drug-likeness (QED) is 0.637. The number of methoxy groups -OCH3 is 1. The van der Waals surface area contributed by atoms with Crippen molar-refractivity contribution in [2.45, 2.75) is 19.4 Å². The largest absolute Gasteiger partial charge is 0.497 e. The molecular formula is C16H18BrFN2O. The highest BCUT2D eigenvalue weighted by molar-refractivity contribution is 9.10. The maximum Gasteiger partial charge on any atom is 0.123 e. The van der Waals surface area contributed by atoms with E-state index >= 15 is 0 Å². The summed E-state index contributed by atoms with van der Waals surface area (Å²) >= 11 is 3.53. The number of hydrazine groups is 1. The number of hydrogen-bond donors (Lipinski definition) is 2. The normalized spacial score (nSPS) is 12.2. The van der Waals surface area contributed by atoms with Crippen LogP contribution in [0.3, 0.4) is 0 Å². The van der Waals surface area contributed by atoms with Gasteiger partial charge in [-0.2, -0.15) is 0 Å². The molecule has 21 heavy (non-hydrogen) atoms. The molecule has 0 amide bonds. The summed E-state index contributed by atoms with van der Waals surface area (Å²) in [5.41, 5.74) is 5.78. The third-order valence-corrected chi connectivity index (χ3v) is 4.23. The molecule has 2 aromatic rings. The van der Waals surface area contributed by atoms with Gasteiger partial charge in [-0.3, -0.25) is 11.3 Å². The molecule has 0 fully saturated rings. The highest BCUT2D eigenvalue weighted by Gasteiger charge is 2.16. The van der Waals surface area contributed by atoms with E-state index in [1.165, 1.54) is 12.1 Å². The van der Waals surface area contributed by atoms with Crippen LogP contribution >= 0.6 is 15.9 Å². The van der Waals surface area contributed by atoms with Crippen LogP contribution in [-0.4, -0.2) is 7.11 Å². The molecule has 1 atom stereocenters. The molecule has 3 nitrogen and oxygen atoms in total. The molecule has 0 bridgehead atoms. The van der Waals surface area contributed by atoms with Crippen molar-refractivity contribution in [1.29, 1.82) is 0 Å². The SMILES string of the molecule is COc1ccc(Br)c(C(Cc2ccc(F)cc2C)NN)c1. The number of halogens is 2. The maximum absolute atomic E-state index is 13.2. The first kappa shape index (κ1) is 15.9. The summed E-state index contributed by atoms with van der Waals surface area (Å²) in [6.07, 6.45) is 0.661. The molecule has 2 rings (SSSR count). The van der Waals surface area contributed by atoms with E-state index in [4.69, 9.17) is 10.6 Å². The molecule has 0 saturated heterocycles. The van der Waals surface area contributed by atoms with Gasteiger partial charge in [0, 0.05) is 4.47 Å². The van der Waals surface area contributed by atoms with Crippen molar-refractivity contribution in [3.8, 4) is 5.75 Å². The Morgan fingerprint density at radius 3 is 2.67 bits per heavy atom. The number of ether oxygens (including phenoxy) is 1. The molecule has 112 valence electrons. The van der Waals surface area contributed by atoms with Gasteiger partial charge in [0.15, 0.2) is 0 Å². The van der Waals surface area contributed by atoms with Gasteiger partial charge in [0.2, 0.25) is 0 Å². The van der Waals surface area contributed by atoms with E-state index in [1.807, 2.05) is 25.1 Å². The number of hydrogen-bond acceptors (Lipinski definition) is 3. The second-order valence-corrected chi connectivity index (χ2v) is 5.74. The van der Waals surface area contributed by atoms with Gasteiger partial charge < -0.3 is 4.74 Å². The van der Waals surface area contributed by atoms with Crippen LogP contribution in [0.2, 0.25) is 0 Å². The van der Waals surface area contributed by atoms with E-state index in [-0.39, 0.29) is 11.9 Å². The summed E-state index contributed by atoms with van der Waals surface area (Å²) in [6.45, 7) is 1.90. The minimum Gasteiger partial charge on any atom is -0.497 e. The van der Waals surface area contributed by atoms with Crippen LogP contribution < -0.4 is 16.0 Å². The highest BCUT2D eigenvalue weighted by Crippen LogP contribution is 2.30. The predicted octanol–water partition coefficient (Wildman–Crippen LogP) is 3.65. The summed E-state index contributed by atoms with van der Waals surface area (Å²) in [7, 11) is 1.63. The van der Waals surface area contributed by atoms with Crippen LogP contribution in [0.15, 0.2) is 40.9 Å². The van der Waals surface area contributed by atoms with Crippen molar-refractivity contribution in [3.05, 3.63) is 63.4 Å². The van der Waals surface area contributed by atoms with E-state index in [9.17, 15) is 4.39 Å². The van der Waals surface area contributed by atoms with Gasteiger partial charge in [-0.15, -0.1) is 0 Å². The molecule has 0 aliphatic rings. The van der Waals surface area contributed by atoms with Gasteiger partial charge in [0.05, 0.1) is 13.2 Å². The zero-order valence-electron chi connectivity index (χ0n) is 12.0.